The van der Waals surface area contributed by atoms with Crippen molar-refractivity contribution in [3.05, 3.63) is 66.4 Å². The van der Waals surface area contributed by atoms with Crippen LogP contribution in [0, 0.1) is 11.7 Å². The molecule has 9 heteroatoms. The van der Waals surface area contributed by atoms with Crippen LogP contribution in [0.15, 0.2) is 55.0 Å². The van der Waals surface area contributed by atoms with Crippen LogP contribution in [0.5, 0.6) is 0 Å². The van der Waals surface area contributed by atoms with Gasteiger partial charge < -0.3 is 19.1 Å². The zero-order chi connectivity index (χ0) is 25.2. The monoisotopic (exact) mass is 481 g/mol. The lowest BCUT2D eigenvalue weighted by Crippen LogP contribution is -2.43. The molecule has 8 nitrogen and oxygen atoms in total. The van der Waals surface area contributed by atoms with E-state index in [0.717, 1.165) is 12.8 Å². The zero-order valence-electron chi connectivity index (χ0n) is 20.6. The summed E-state index contributed by atoms with van der Waals surface area (Å²) in [5, 5.41) is 4.46. The summed E-state index contributed by atoms with van der Waals surface area (Å²) in [5.74, 6) is 0.474. The van der Waals surface area contributed by atoms with Crippen molar-refractivity contribution in [1.82, 2.24) is 24.1 Å². The van der Waals surface area contributed by atoms with Gasteiger partial charge in [-0.05, 0) is 75.9 Å². The highest BCUT2D eigenvalue weighted by Gasteiger charge is 2.29. The van der Waals surface area contributed by atoms with Crippen LogP contribution in [0.2, 0.25) is 0 Å². The Morgan fingerprint density at radius 1 is 1.11 bits per heavy atom. The van der Waals surface area contributed by atoms with E-state index >= 15 is 0 Å². The first-order valence-corrected chi connectivity index (χ1v) is 11.8. The second-order valence-corrected chi connectivity index (χ2v) is 9.96. The maximum Gasteiger partial charge on any atom is 0.410 e. The standard InChI is InChI=1S/C26H32FN5O3/c1-26(2,3)35-25(34)29(4)18-19-11-15-31(16-12-19)24(33)22-17-28-32(21-9-7-20(27)8-10-21)23(22)30-13-5-6-14-30/h5-10,13-14,17,19H,11-12,15-16,18H2,1-4H3. The van der Waals surface area contributed by atoms with Crippen molar-refractivity contribution in [2.45, 2.75) is 39.2 Å². The number of hydrogen-bond acceptors (Lipinski definition) is 4. The molecule has 0 unspecified atom stereocenters. The fraction of sp³-hybridized carbons (Fsp3) is 0.423. The van der Waals surface area contributed by atoms with Crippen molar-refractivity contribution in [2.75, 3.05) is 26.7 Å². The highest BCUT2D eigenvalue weighted by molar-refractivity contribution is 5.97. The lowest BCUT2D eigenvalue weighted by atomic mass is 9.96. The largest absolute Gasteiger partial charge is 0.444 e. The zero-order valence-corrected chi connectivity index (χ0v) is 20.6. The van der Waals surface area contributed by atoms with Gasteiger partial charge in [-0.2, -0.15) is 5.10 Å². The number of amides is 2. The smallest absolute Gasteiger partial charge is 0.410 e. The minimum absolute atomic E-state index is 0.0963. The molecule has 186 valence electrons. The summed E-state index contributed by atoms with van der Waals surface area (Å²) in [6.45, 7) is 7.33. The minimum Gasteiger partial charge on any atom is -0.444 e. The molecule has 0 saturated carbocycles. The number of hydrogen-bond donors (Lipinski definition) is 0. The molecule has 35 heavy (non-hydrogen) atoms. The maximum atomic E-state index is 13.5. The summed E-state index contributed by atoms with van der Waals surface area (Å²) in [7, 11) is 1.75. The quantitative estimate of drug-likeness (QED) is 0.537. The number of nitrogens with zero attached hydrogens (tertiary/aromatic N) is 5. The second-order valence-electron chi connectivity index (χ2n) is 9.96. The molecule has 0 spiro atoms. The number of halogens is 1. The van der Waals surface area contributed by atoms with Gasteiger partial charge in [0, 0.05) is 39.1 Å². The van der Waals surface area contributed by atoms with Crippen molar-refractivity contribution in [3.8, 4) is 11.5 Å². The van der Waals surface area contributed by atoms with Gasteiger partial charge in [0.05, 0.1) is 11.9 Å². The van der Waals surface area contributed by atoms with E-state index in [4.69, 9.17) is 4.74 Å². The van der Waals surface area contributed by atoms with Gasteiger partial charge in [-0.15, -0.1) is 0 Å². The summed E-state index contributed by atoms with van der Waals surface area (Å²) in [5.41, 5.74) is 0.615. The first-order chi connectivity index (χ1) is 16.6. The van der Waals surface area contributed by atoms with E-state index in [1.807, 2.05) is 54.8 Å². The first kappa shape index (κ1) is 24.5. The molecule has 1 aliphatic rings. The van der Waals surface area contributed by atoms with E-state index < -0.39 is 5.60 Å². The molecule has 1 fully saturated rings. The molecule has 1 aromatic carbocycles. The highest BCUT2D eigenvalue weighted by atomic mass is 19.1. The molecule has 0 N–H and O–H groups in total. The molecular formula is C26H32FN5O3. The van der Waals surface area contributed by atoms with Gasteiger partial charge in [0.1, 0.15) is 17.0 Å². The SMILES string of the molecule is CN(CC1CCN(C(=O)c2cnn(-c3ccc(F)cc3)c2-n2cccc2)CC1)C(=O)OC(C)(C)C. The molecule has 3 aromatic rings. The Kier molecular flexibility index (Phi) is 6.95. The molecule has 0 aliphatic carbocycles. The molecular weight excluding hydrogens is 449 g/mol. The van der Waals surface area contributed by atoms with Crippen molar-refractivity contribution in [3.63, 3.8) is 0 Å². The summed E-state index contributed by atoms with van der Waals surface area (Å²) < 4.78 is 22.4. The third-order valence-corrected chi connectivity index (χ3v) is 6.03. The molecule has 0 radical (unpaired) electrons. The summed E-state index contributed by atoms with van der Waals surface area (Å²) in [6.07, 6.45) is 6.54. The van der Waals surface area contributed by atoms with Gasteiger partial charge in [-0.3, -0.25) is 4.79 Å². The van der Waals surface area contributed by atoms with Gasteiger partial charge in [0.25, 0.3) is 5.91 Å². The molecule has 1 aliphatic heterocycles. The number of benzene rings is 1. The summed E-state index contributed by atoms with van der Waals surface area (Å²) >= 11 is 0. The lowest BCUT2D eigenvalue weighted by Gasteiger charge is -2.34. The Bertz CT molecular complexity index is 1160. The van der Waals surface area contributed by atoms with E-state index in [0.29, 0.717) is 42.6 Å². The summed E-state index contributed by atoms with van der Waals surface area (Å²) in [4.78, 5) is 29.3. The normalized spacial score (nSPS) is 14.7. The minimum atomic E-state index is -0.531. The third kappa shape index (κ3) is 5.72. The van der Waals surface area contributed by atoms with Gasteiger partial charge in [-0.25, -0.2) is 13.9 Å². The van der Waals surface area contributed by atoms with E-state index in [1.165, 1.54) is 12.1 Å². The Morgan fingerprint density at radius 2 is 1.74 bits per heavy atom. The average Bonchev–Trinajstić information content (AvgIpc) is 3.48. The van der Waals surface area contributed by atoms with E-state index in [2.05, 4.69) is 5.10 Å². The van der Waals surface area contributed by atoms with Crippen LogP contribution >= 0.6 is 0 Å². The summed E-state index contributed by atoms with van der Waals surface area (Å²) in [6, 6.07) is 9.77. The number of likely N-dealkylation sites (tertiary alicyclic amines) is 1. The molecule has 2 amide bonds. The molecule has 0 bridgehead atoms. The number of rotatable bonds is 5. The number of ether oxygens (including phenoxy) is 1. The van der Waals surface area contributed by atoms with Crippen LogP contribution in [0.25, 0.3) is 11.5 Å². The number of carbonyl (C=O) groups is 2. The van der Waals surface area contributed by atoms with Gasteiger partial charge in [-0.1, -0.05) is 0 Å². The number of carbonyl (C=O) groups excluding carboxylic acids is 2. The van der Waals surface area contributed by atoms with Crippen LogP contribution in [0.4, 0.5) is 9.18 Å². The van der Waals surface area contributed by atoms with E-state index in [-0.39, 0.29) is 17.8 Å². The predicted molar refractivity (Wildman–Crippen MR) is 130 cm³/mol. The molecule has 2 aromatic heterocycles. The van der Waals surface area contributed by atoms with Crippen molar-refractivity contribution >= 4 is 12.0 Å². The average molecular weight is 482 g/mol. The maximum absolute atomic E-state index is 13.5. The molecule has 3 heterocycles. The Hall–Kier alpha value is -3.62. The highest BCUT2D eigenvalue weighted by Crippen LogP contribution is 2.25. The molecule has 1 saturated heterocycles. The van der Waals surface area contributed by atoms with Crippen LogP contribution in [-0.4, -0.2) is 68.4 Å². The predicted octanol–water partition coefficient (Wildman–Crippen LogP) is 4.52. The van der Waals surface area contributed by atoms with Gasteiger partial charge in [0.15, 0.2) is 5.82 Å². The fourth-order valence-electron chi connectivity index (χ4n) is 4.28. The molecule has 0 atom stereocenters. The van der Waals surface area contributed by atoms with Crippen LogP contribution in [0.3, 0.4) is 0 Å². The number of aromatic nitrogens is 3. The molecule has 4 rings (SSSR count). The Balaban J connectivity index is 1.46. The van der Waals surface area contributed by atoms with Crippen molar-refractivity contribution in [1.29, 1.82) is 0 Å². The number of piperidine rings is 1. The Labute approximate surface area is 204 Å². The van der Waals surface area contributed by atoms with Crippen molar-refractivity contribution < 1.29 is 18.7 Å². The van der Waals surface area contributed by atoms with E-state index in [1.54, 1.807) is 35.0 Å². The van der Waals surface area contributed by atoms with Crippen LogP contribution in [0.1, 0.15) is 44.0 Å². The van der Waals surface area contributed by atoms with Crippen molar-refractivity contribution in [2.24, 2.45) is 5.92 Å². The fourth-order valence-corrected chi connectivity index (χ4v) is 4.28. The van der Waals surface area contributed by atoms with Crippen LogP contribution < -0.4 is 0 Å². The lowest BCUT2D eigenvalue weighted by molar-refractivity contribution is 0.0246. The van der Waals surface area contributed by atoms with E-state index in [9.17, 15) is 14.0 Å². The first-order valence-electron chi connectivity index (χ1n) is 11.8. The van der Waals surface area contributed by atoms with Gasteiger partial charge >= 0.3 is 6.09 Å². The third-order valence-electron chi connectivity index (χ3n) is 6.03. The second kappa shape index (κ2) is 9.93. The Morgan fingerprint density at radius 3 is 2.34 bits per heavy atom. The van der Waals surface area contributed by atoms with Gasteiger partial charge in [0.2, 0.25) is 0 Å². The topological polar surface area (TPSA) is 72.6 Å². The van der Waals surface area contributed by atoms with Crippen LogP contribution in [-0.2, 0) is 4.74 Å².